The molecule has 0 unspecified atom stereocenters. The number of esters is 1. The fourth-order valence-electron chi connectivity index (χ4n) is 1.56. The van der Waals surface area contributed by atoms with Gasteiger partial charge in [0.25, 0.3) is 5.91 Å². The van der Waals surface area contributed by atoms with Crippen molar-refractivity contribution in [2.75, 3.05) is 33.9 Å². The van der Waals surface area contributed by atoms with Gasteiger partial charge in [-0.3, -0.25) is 9.59 Å². The van der Waals surface area contributed by atoms with Crippen molar-refractivity contribution in [3.05, 3.63) is 20.8 Å². The quantitative estimate of drug-likeness (QED) is 0.724. The number of thiophene rings is 1. The van der Waals surface area contributed by atoms with Crippen molar-refractivity contribution < 1.29 is 19.1 Å². The SMILES string of the molecule is COCCN(CCC(=O)OC)C(=O)c1scc(C)c1Cl. The minimum Gasteiger partial charge on any atom is -0.469 e. The molecule has 7 heteroatoms. The summed E-state index contributed by atoms with van der Waals surface area (Å²) >= 11 is 7.42. The Kier molecular flexibility index (Phi) is 6.98. The predicted molar refractivity (Wildman–Crippen MR) is 78.5 cm³/mol. The molecule has 1 rings (SSSR count). The molecule has 0 aliphatic carbocycles. The minimum absolute atomic E-state index is 0.147. The summed E-state index contributed by atoms with van der Waals surface area (Å²) in [5, 5.41) is 2.31. The lowest BCUT2D eigenvalue weighted by Crippen LogP contribution is -2.35. The summed E-state index contributed by atoms with van der Waals surface area (Å²) in [4.78, 5) is 25.7. The van der Waals surface area contributed by atoms with Crippen LogP contribution in [0.2, 0.25) is 5.02 Å². The van der Waals surface area contributed by atoms with Crippen LogP contribution in [0.1, 0.15) is 21.7 Å². The van der Waals surface area contributed by atoms with Crippen LogP contribution >= 0.6 is 22.9 Å². The molecule has 1 amide bonds. The molecular formula is C13H18ClNO4S. The first-order valence-electron chi connectivity index (χ1n) is 6.09. The third-order valence-electron chi connectivity index (χ3n) is 2.76. The maximum Gasteiger partial charge on any atom is 0.307 e. The third-order valence-corrected chi connectivity index (χ3v) is 4.44. The van der Waals surface area contributed by atoms with E-state index in [4.69, 9.17) is 16.3 Å². The number of carbonyl (C=O) groups is 2. The number of rotatable bonds is 7. The van der Waals surface area contributed by atoms with Crippen molar-refractivity contribution >= 4 is 34.8 Å². The highest BCUT2D eigenvalue weighted by Gasteiger charge is 2.21. The summed E-state index contributed by atoms with van der Waals surface area (Å²) in [6.07, 6.45) is 0.147. The van der Waals surface area contributed by atoms with Gasteiger partial charge >= 0.3 is 5.97 Å². The fourth-order valence-corrected chi connectivity index (χ4v) is 2.80. The summed E-state index contributed by atoms with van der Waals surface area (Å²) in [6.45, 7) is 2.93. The highest BCUT2D eigenvalue weighted by atomic mass is 35.5. The highest BCUT2D eigenvalue weighted by Crippen LogP contribution is 2.28. The number of hydrogen-bond acceptors (Lipinski definition) is 5. The van der Waals surface area contributed by atoms with Gasteiger partial charge in [0.05, 0.1) is 25.2 Å². The second kappa shape index (κ2) is 8.24. The van der Waals surface area contributed by atoms with Gasteiger partial charge < -0.3 is 14.4 Å². The Hall–Kier alpha value is -1.11. The van der Waals surface area contributed by atoms with Gasteiger partial charge in [0.15, 0.2) is 0 Å². The van der Waals surface area contributed by atoms with Crippen LogP contribution in [0.5, 0.6) is 0 Å². The van der Waals surface area contributed by atoms with Crippen molar-refractivity contribution in [3.63, 3.8) is 0 Å². The summed E-state index contributed by atoms with van der Waals surface area (Å²) in [7, 11) is 2.88. The Bertz CT molecular complexity index is 475. The second-order valence-electron chi connectivity index (χ2n) is 4.17. The van der Waals surface area contributed by atoms with E-state index in [-0.39, 0.29) is 24.8 Å². The minimum atomic E-state index is -0.353. The number of amides is 1. The topological polar surface area (TPSA) is 55.8 Å². The Morgan fingerprint density at radius 3 is 2.55 bits per heavy atom. The molecule has 0 bridgehead atoms. The number of aryl methyl sites for hydroxylation is 1. The Morgan fingerprint density at radius 1 is 1.35 bits per heavy atom. The monoisotopic (exact) mass is 319 g/mol. The molecule has 0 spiro atoms. The summed E-state index contributed by atoms with van der Waals surface area (Å²) in [6, 6.07) is 0. The number of hydrogen-bond donors (Lipinski definition) is 0. The number of ether oxygens (including phenoxy) is 2. The summed E-state index contributed by atoms with van der Waals surface area (Å²) in [5.74, 6) is -0.539. The molecule has 0 saturated carbocycles. The van der Waals surface area contributed by atoms with Gasteiger partial charge in [-0.05, 0) is 17.9 Å². The molecule has 112 valence electrons. The van der Waals surface area contributed by atoms with Crippen molar-refractivity contribution in [3.8, 4) is 0 Å². The smallest absolute Gasteiger partial charge is 0.307 e. The van der Waals surface area contributed by atoms with E-state index in [1.807, 2.05) is 12.3 Å². The molecule has 0 radical (unpaired) electrons. The number of halogens is 1. The Balaban J connectivity index is 2.78. The van der Waals surface area contributed by atoms with Gasteiger partial charge in [-0.2, -0.15) is 0 Å². The van der Waals surface area contributed by atoms with Gasteiger partial charge in [0.1, 0.15) is 4.88 Å². The highest BCUT2D eigenvalue weighted by molar-refractivity contribution is 7.13. The zero-order chi connectivity index (χ0) is 15.1. The lowest BCUT2D eigenvalue weighted by molar-refractivity contribution is -0.140. The van der Waals surface area contributed by atoms with E-state index < -0.39 is 0 Å². The van der Waals surface area contributed by atoms with Crippen LogP contribution in [-0.2, 0) is 14.3 Å². The summed E-state index contributed by atoms with van der Waals surface area (Å²) in [5.41, 5.74) is 0.875. The van der Waals surface area contributed by atoms with Crippen LogP contribution in [0.15, 0.2) is 5.38 Å². The van der Waals surface area contributed by atoms with E-state index in [1.165, 1.54) is 18.4 Å². The van der Waals surface area contributed by atoms with E-state index in [0.717, 1.165) is 5.56 Å². The van der Waals surface area contributed by atoms with Gasteiger partial charge in [-0.15, -0.1) is 11.3 Å². The van der Waals surface area contributed by atoms with Gasteiger partial charge in [0.2, 0.25) is 0 Å². The molecule has 0 aliphatic heterocycles. The first-order valence-corrected chi connectivity index (χ1v) is 7.35. The fraction of sp³-hybridized carbons (Fsp3) is 0.538. The van der Waals surface area contributed by atoms with Crippen LogP contribution in [0, 0.1) is 6.92 Å². The van der Waals surface area contributed by atoms with E-state index in [9.17, 15) is 9.59 Å². The average molecular weight is 320 g/mol. The van der Waals surface area contributed by atoms with Gasteiger partial charge in [0, 0.05) is 20.2 Å². The maximum atomic E-state index is 12.4. The van der Waals surface area contributed by atoms with Crippen molar-refractivity contribution in [2.24, 2.45) is 0 Å². The lowest BCUT2D eigenvalue weighted by atomic mass is 10.3. The zero-order valence-corrected chi connectivity index (χ0v) is 13.3. The molecule has 0 fully saturated rings. The Labute approximate surface area is 127 Å². The molecule has 20 heavy (non-hydrogen) atoms. The van der Waals surface area contributed by atoms with Crippen LogP contribution in [0.3, 0.4) is 0 Å². The van der Waals surface area contributed by atoms with Crippen LogP contribution in [0.25, 0.3) is 0 Å². The largest absolute Gasteiger partial charge is 0.469 e. The van der Waals surface area contributed by atoms with Crippen LogP contribution < -0.4 is 0 Å². The zero-order valence-electron chi connectivity index (χ0n) is 11.8. The van der Waals surface area contributed by atoms with Crippen LogP contribution in [-0.4, -0.2) is 50.7 Å². The van der Waals surface area contributed by atoms with E-state index in [2.05, 4.69) is 4.74 Å². The molecular weight excluding hydrogens is 302 g/mol. The normalized spacial score (nSPS) is 10.4. The van der Waals surface area contributed by atoms with Gasteiger partial charge in [-0.25, -0.2) is 0 Å². The molecule has 0 N–H and O–H groups in total. The average Bonchev–Trinajstić information content (AvgIpc) is 2.78. The number of nitrogens with zero attached hydrogens (tertiary/aromatic N) is 1. The molecule has 0 aliphatic rings. The lowest BCUT2D eigenvalue weighted by Gasteiger charge is -2.21. The van der Waals surface area contributed by atoms with E-state index in [1.54, 1.807) is 12.0 Å². The number of carbonyl (C=O) groups excluding carboxylic acids is 2. The molecule has 1 aromatic heterocycles. The molecule has 0 saturated heterocycles. The maximum absolute atomic E-state index is 12.4. The molecule has 5 nitrogen and oxygen atoms in total. The first-order chi connectivity index (χ1) is 9.51. The molecule has 0 aromatic carbocycles. The van der Waals surface area contributed by atoms with Crippen LogP contribution in [0.4, 0.5) is 0 Å². The summed E-state index contributed by atoms with van der Waals surface area (Å²) < 4.78 is 9.57. The standard InChI is InChI=1S/C13H18ClNO4S/c1-9-8-20-12(11(9)14)13(17)15(6-7-18-2)5-4-10(16)19-3/h8H,4-7H2,1-3H3. The Morgan fingerprint density at radius 2 is 2.05 bits per heavy atom. The van der Waals surface area contributed by atoms with Crippen molar-refractivity contribution in [1.82, 2.24) is 4.90 Å². The van der Waals surface area contributed by atoms with Crippen molar-refractivity contribution in [2.45, 2.75) is 13.3 Å². The third kappa shape index (κ3) is 4.47. The van der Waals surface area contributed by atoms with Gasteiger partial charge in [-0.1, -0.05) is 11.6 Å². The molecule has 1 aromatic rings. The second-order valence-corrected chi connectivity index (χ2v) is 5.43. The van der Waals surface area contributed by atoms with Crippen molar-refractivity contribution in [1.29, 1.82) is 0 Å². The predicted octanol–water partition coefficient (Wildman–Crippen LogP) is 2.36. The van der Waals surface area contributed by atoms with E-state index in [0.29, 0.717) is 23.1 Å². The van der Waals surface area contributed by atoms with E-state index >= 15 is 0 Å². The molecule has 1 heterocycles. The number of methoxy groups -OCH3 is 2. The first kappa shape index (κ1) is 16.9. The molecule has 0 atom stereocenters.